The second kappa shape index (κ2) is 6.97. The minimum atomic E-state index is 0.0245. The van der Waals surface area contributed by atoms with Crippen LogP contribution in [-0.2, 0) is 11.3 Å². The molecule has 0 N–H and O–H groups in total. The van der Waals surface area contributed by atoms with Crippen LogP contribution in [-0.4, -0.2) is 32.1 Å². The van der Waals surface area contributed by atoms with Gasteiger partial charge in [-0.25, -0.2) is 9.97 Å². The molecule has 27 heavy (non-hydrogen) atoms. The minimum Gasteiger partial charge on any atom is -0.467 e. The number of rotatable bonds is 6. The molecule has 0 atom stereocenters. The van der Waals surface area contributed by atoms with Crippen LogP contribution in [0.2, 0.25) is 0 Å². The average Bonchev–Trinajstić information content (AvgIpc) is 3.17. The van der Waals surface area contributed by atoms with Crippen molar-refractivity contribution in [2.45, 2.75) is 55.8 Å². The summed E-state index contributed by atoms with van der Waals surface area (Å²) in [6, 6.07) is 5.68. The Morgan fingerprint density at radius 2 is 1.78 bits per heavy atom. The Kier molecular flexibility index (Phi) is 4.46. The molecule has 0 unspecified atom stereocenters. The molecule has 2 aromatic heterocycles. The lowest BCUT2D eigenvalue weighted by atomic mass is 9.52. The van der Waals surface area contributed by atoms with E-state index in [2.05, 4.69) is 14.9 Å². The number of aromatic nitrogens is 2. The van der Waals surface area contributed by atoms with Gasteiger partial charge in [-0.05, 0) is 74.5 Å². The second-order valence-corrected chi connectivity index (χ2v) is 9.46. The Bertz CT molecular complexity index is 758. The van der Waals surface area contributed by atoms with Crippen LogP contribution in [0, 0.1) is 17.8 Å². The molecule has 0 radical (unpaired) electrons. The molecule has 1 amide bonds. The normalized spacial score (nSPS) is 31.2. The number of carbonyl (C=O) groups is 1. The van der Waals surface area contributed by atoms with Gasteiger partial charge in [0.2, 0.25) is 5.91 Å². The number of carbonyl (C=O) groups excluding carboxylic acids is 1. The summed E-state index contributed by atoms with van der Waals surface area (Å²) in [4.78, 5) is 24.0. The van der Waals surface area contributed by atoms with Gasteiger partial charge < -0.3 is 9.32 Å². The van der Waals surface area contributed by atoms with Crippen molar-refractivity contribution in [2.75, 3.05) is 5.75 Å². The number of nitrogens with zero attached hydrogens (tertiary/aromatic N) is 3. The van der Waals surface area contributed by atoms with Crippen LogP contribution < -0.4 is 0 Å². The van der Waals surface area contributed by atoms with Crippen molar-refractivity contribution >= 4 is 17.7 Å². The quantitative estimate of drug-likeness (QED) is 0.554. The van der Waals surface area contributed by atoms with E-state index in [0.717, 1.165) is 23.5 Å². The lowest BCUT2D eigenvalue weighted by molar-refractivity contribution is -0.150. The van der Waals surface area contributed by atoms with Crippen molar-refractivity contribution in [3.8, 4) is 0 Å². The highest BCUT2D eigenvalue weighted by Gasteiger charge is 2.54. The lowest BCUT2D eigenvalue weighted by Gasteiger charge is -2.60. The highest BCUT2D eigenvalue weighted by Crippen LogP contribution is 2.58. The van der Waals surface area contributed by atoms with E-state index < -0.39 is 0 Å². The monoisotopic (exact) mass is 383 g/mol. The number of thioether (sulfide) groups is 1. The van der Waals surface area contributed by atoms with E-state index in [9.17, 15) is 4.79 Å². The molecule has 4 bridgehead atoms. The first kappa shape index (κ1) is 17.3. The average molecular weight is 384 g/mol. The van der Waals surface area contributed by atoms with Crippen molar-refractivity contribution in [2.24, 2.45) is 17.8 Å². The first-order valence-corrected chi connectivity index (χ1v) is 10.9. The van der Waals surface area contributed by atoms with Crippen molar-refractivity contribution in [1.29, 1.82) is 0 Å². The van der Waals surface area contributed by atoms with E-state index >= 15 is 0 Å². The van der Waals surface area contributed by atoms with Crippen LogP contribution in [0.3, 0.4) is 0 Å². The van der Waals surface area contributed by atoms with Crippen LogP contribution in [0.25, 0.3) is 0 Å². The summed E-state index contributed by atoms with van der Waals surface area (Å²) in [6.45, 7) is 0.578. The van der Waals surface area contributed by atoms with E-state index in [-0.39, 0.29) is 11.4 Å². The first-order chi connectivity index (χ1) is 13.2. The van der Waals surface area contributed by atoms with E-state index in [1.165, 1.54) is 50.3 Å². The summed E-state index contributed by atoms with van der Waals surface area (Å²) >= 11 is 1.43. The summed E-state index contributed by atoms with van der Waals surface area (Å²) < 4.78 is 5.61. The molecule has 142 valence electrons. The van der Waals surface area contributed by atoms with Gasteiger partial charge in [-0.15, -0.1) is 0 Å². The molecule has 4 fully saturated rings. The predicted molar refractivity (Wildman–Crippen MR) is 103 cm³/mol. The summed E-state index contributed by atoms with van der Waals surface area (Å²) in [5.74, 6) is 3.84. The molecule has 4 saturated carbocycles. The fourth-order valence-electron chi connectivity index (χ4n) is 6.04. The molecule has 0 aliphatic heterocycles. The summed E-state index contributed by atoms with van der Waals surface area (Å²) in [5, 5.41) is 0.661. The zero-order valence-corrected chi connectivity index (χ0v) is 16.2. The Balaban J connectivity index is 1.38. The highest BCUT2D eigenvalue weighted by molar-refractivity contribution is 7.99. The topological polar surface area (TPSA) is 59.2 Å². The third-order valence-electron chi connectivity index (χ3n) is 6.64. The molecule has 0 aromatic carbocycles. The smallest absolute Gasteiger partial charge is 0.233 e. The van der Waals surface area contributed by atoms with Crippen LogP contribution >= 0.6 is 11.8 Å². The summed E-state index contributed by atoms with van der Waals surface area (Å²) in [6.07, 6.45) is 12.7. The molecular formula is C21H25N3O2S. The van der Waals surface area contributed by atoms with Crippen LogP contribution in [0.4, 0.5) is 0 Å². The van der Waals surface area contributed by atoms with Gasteiger partial charge in [0.25, 0.3) is 0 Å². The van der Waals surface area contributed by atoms with Gasteiger partial charge in [-0.1, -0.05) is 11.8 Å². The van der Waals surface area contributed by atoms with E-state index in [1.807, 2.05) is 12.1 Å². The molecule has 0 saturated heterocycles. The Hall–Kier alpha value is -1.82. The largest absolute Gasteiger partial charge is 0.467 e. The second-order valence-electron chi connectivity index (χ2n) is 8.52. The molecule has 5 nitrogen and oxygen atoms in total. The molecule has 4 aliphatic carbocycles. The number of hydrogen-bond acceptors (Lipinski definition) is 5. The number of furan rings is 1. The van der Waals surface area contributed by atoms with E-state index in [1.54, 1.807) is 24.7 Å². The van der Waals surface area contributed by atoms with Crippen molar-refractivity contribution in [3.05, 3.63) is 42.6 Å². The van der Waals surface area contributed by atoms with Gasteiger partial charge in [0.05, 0.1) is 18.6 Å². The van der Waals surface area contributed by atoms with Gasteiger partial charge >= 0.3 is 0 Å². The van der Waals surface area contributed by atoms with E-state index in [0.29, 0.717) is 17.5 Å². The fraction of sp³-hybridized carbons (Fsp3) is 0.571. The SMILES string of the molecule is O=C(CSc1ncccn1)N(Cc1ccco1)C12CC3CC(CC(C3)C1)C2. The lowest BCUT2D eigenvalue weighted by Crippen LogP contribution is -2.61. The van der Waals surface area contributed by atoms with Gasteiger partial charge in [0.1, 0.15) is 5.76 Å². The summed E-state index contributed by atoms with van der Waals surface area (Å²) in [5.41, 5.74) is 0.0245. The van der Waals surface area contributed by atoms with Gasteiger partial charge in [-0.2, -0.15) is 0 Å². The summed E-state index contributed by atoms with van der Waals surface area (Å²) in [7, 11) is 0. The van der Waals surface area contributed by atoms with Crippen molar-refractivity contribution in [1.82, 2.24) is 14.9 Å². The molecule has 2 aromatic rings. The van der Waals surface area contributed by atoms with Gasteiger partial charge in [0, 0.05) is 17.9 Å². The maximum atomic E-state index is 13.4. The zero-order chi connectivity index (χ0) is 18.3. The number of amides is 1. The molecular weight excluding hydrogens is 358 g/mol. The van der Waals surface area contributed by atoms with Crippen molar-refractivity contribution in [3.63, 3.8) is 0 Å². The molecule has 6 heteroatoms. The molecule has 2 heterocycles. The predicted octanol–water partition coefficient (Wildman–Crippen LogP) is 4.16. The molecule has 6 rings (SSSR count). The van der Waals surface area contributed by atoms with Gasteiger partial charge in [-0.3, -0.25) is 4.79 Å². The Labute approximate surface area is 163 Å². The third-order valence-corrected chi connectivity index (χ3v) is 7.50. The fourth-order valence-corrected chi connectivity index (χ4v) is 6.72. The Morgan fingerprint density at radius 1 is 1.11 bits per heavy atom. The molecule has 4 aliphatic rings. The van der Waals surface area contributed by atoms with Gasteiger partial charge in [0.15, 0.2) is 5.16 Å². The third kappa shape index (κ3) is 3.40. The molecule has 0 spiro atoms. The first-order valence-electron chi connectivity index (χ1n) is 9.93. The highest BCUT2D eigenvalue weighted by atomic mass is 32.2. The maximum Gasteiger partial charge on any atom is 0.233 e. The number of hydrogen-bond donors (Lipinski definition) is 0. The standard InChI is InChI=1S/C21H25N3O2S/c25-19(14-27-20-22-4-2-5-23-20)24(13-18-3-1-6-26-18)21-10-15-7-16(11-21)9-17(8-15)12-21/h1-6,15-17H,7-14H2. The maximum absolute atomic E-state index is 13.4. The van der Waals surface area contributed by atoms with Crippen LogP contribution in [0.1, 0.15) is 44.3 Å². The van der Waals surface area contributed by atoms with E-state index in [4.69, 9.17) is 4.42 Å². The Morgan fingerprint density at radius 3 is 2.37 bits per heavy atom. The van der Waals surface area contributed by atoms with Crippen LogP contribution in [0.5, 0.6) is 0 Å². The minimum absolute atomic E-state index is 0.0245. The van der Waals surface area contributed by atoms with Crippen LogP contribution in [0.15, 0.2) is 46.4 Å². The zero-order valence-electron chi connectivity index (χ0n) is 15.4. The van der Waals surface area contributed by atoms with Crippen molar-refractivity contribution < 1.29 is 9.21 Å².